The van der Waals surface area contributed by atoms with Gasteiger partial charge in [-0.3, -0.25) is 0 Å². The van der Waals surface area contributed by atoms with Crippen molar-refractivity contribution in [2.75, 3.05) is 14.2 Å². The highest BCUT2D eigenvalue weighted by molar-refractivity contribution is 6.42. The van der Waals surface area contributed by atoms with Gasteiger partial charge < -0.3 is 21.9 Å². The molecule has 2 aromatic carbocycles. The average molecular weight is 394 g/mol. The lowest BCUT2D eigenvalue weighted by Crippen LogP contribution is -2.24. The molecule has 6 heteroatoms. The molecule has 3 rings (SSSR count). The molecule has 0 saturated carbocycles. The van der Waals surface area contributed by atoms with Crippen molar-refractivity contribution < 1.29 is 5.11 Å². The van der Waals surface area contributed by atoms with Crippen molar-refractivity contribution in [3.63, 3.8) is 0 Å². The zero-order valence-corrected chi connectivity index (χ0v) is 16.5. The molecule has 1 aliphatic rings. The van der Waals surface area contributed by atoms with Gasteiger partial charge in [-0.2, -0.15) is 0 Å². The fraction of sp³-hybridized carbons (Fsp3) is 0.300. The highest BCUT2D eigenvalue weighted by atomic mass is 35.5. The lowest BCUT2D eigenvalue weighted by atomic mass is 9.76. The minimum absolute atomic E-state index is 0.302. The van der Waals surface area contributed by atoms with E-state index in [0.29, 0.717) is 27.7 Å². The van der Waals surface area contributed by atoms with Crippen molar-refractivity contribution in [3.8, 4) is 0 Å². The van der Waals surface area contributed by atoms with Crippen LogP contribution in [0.4, 0.5) is 0 Å². The predicted molar refractivity (Wildman–Crippen MR) is 110 cm³/mol. The number of benzene rings is 2. The topological polar surface area (TPSA) is 84.3 Å². The molecule has 1 aliphatic carbocycles. The number of hydrogen-bond donors (Lipinski definition) is 4. The number of aliphatic hydroxyl groups excluding tert-OH is 1. The molecule has 0 heterocycles. The number of aliphatic hydroxyl groups is 1. The molecule has 0 saturated heterocycles. The Kier molecular flexibility index (Phi) is 7.35. The molecule has 2 unspecified atom stereocenters. The van der Waals surface area contributed by atoms with Crippen molar-refractivity contribution in [1.29, 1.82) is 0 Å². The molecule has 2 atom stereocenters. The van der Waals surface area contributed by atoms with Gasteiger partial charge in [0.05, 0.1) is 15.7 Å². The van der Waals surface area contributed by atoms with Gasteiger partial charge in [0.15, 0.2) is 0 Å². The second kappa shape index (κ2) is 9.28. The van der Waals surface area contributed by atoms with E-state index >= 15 is 0 Å². The summed E-state index contributed by atoms with van der Waals surface area (Å²) in [5.41, 5.74) is 16.8. The third-order valence-corrected chi connectivity index (χ3v) is 5.53. The fourth-order valence-electron chi connectivity index (χ4n) is 3.49. The number of rotatable bonds is 3. The van der Waals surface area contributed by atoms with Crippen molar-refractivity contribution in [3.05, 3.63) is 74.9 Å². The maximum absolute atomic E-state index is 7.00. The minimum Gasteiger partial charge on any atom is -0.403 e. The summed E-state index contributed by atoms with van der Waals surface area (Å²) >= 11 is 12.3. The Balaban J connectivity index is 0.00000117. The summed E-state index contributed by atoms with van der Waals surface area (Å²) in [6, 6.07) is 12.5. The number of fused-ring (bicyclic) bond motifs is 1. The molecule has 0 amide bonds. The Labute approximate surface area is 164 Å². The first-order chi connectivity index (χ1) is 12.5. The molecule has 140 valence electrons. The average Bonchev–Trinajstić information content (AvgIpc) is 2.69. The van der Waals surface area contributed by atoms with E-state index in [-0.39, 0.29) is 0 Å². The molecule has 0 radical (unpaired) electrons. The van der Waals surface area contributed by atoms with Crippen LogP contribution in [0.25, 0.3) is 5.70 Å². The summed E-state index contributed by atoms with van der Waals surface area (Å²) in [5, 5.41) is 11.6. The lowest BCUT2D eigenvalue weighted by Gasteiger charge is -2.32. The molecule has 0 aromatic heterocycles. The first-order valence-corrected chi connectivity index (χ1v) is 9.19. The van der Waals surface area contributed by atoms with Gasteiger partial charge in [0.1, 0.15) is 0 Å². The van der Waals surface area contributed by atoms with Crippen LogP contribution in [-0.2, 0) is 0 Å². The summed E-state index contributed by atoms with van der Waals surface area (Å²) in [6.45, 7) is 0. The third-order valence-electron chi connectivity index (χ3n) is 4.79. The first-order valence-electron chi connectivity index (χ1n) is 8.43. The van der Waals surface area contributed by atoms with Gasteiger partial charge in [0.2, 0.25) is 0 Å². The van der Waals surface area contributed by atoms with Crippen LogP contribution in [0.5, 0.6) is 0 Å². The maximum atomic E-state index is 7.00. The van der Waals surface area contributed by atoms with Crippen LogP contribution in [0, 0.1) is 0 Å². The van der Waals surface area contributed by atoms with Gasteiger partial charge in [-0.25, -0.2) is 0 Å². The van der Waals surface area contributed by atoms with Crippen molar-refractivity contribution in [2.45, 2.75) is 24.8 Å². The van der Waals surface area contributed by atoms with Gasteiger partial charge in [-0.05, 0) is 60.3 Å². The van der Waals surface area contributed by atoms with Crippen LogP contribution in [0.3, 0.4) is 0 Å². The van der Waals surface area contributed by atoms with Gasteiger partial charge in [-0.1, -0.05) is 41.4 Å². The molecule has 0 spiro atoms. The van der Waals surface area contributed by atoms with Crippen LogP contribution in [-0.4, -0.2) is 19.3 Å². The first kappa shape index (κ1) is 20.6. The second-order valence-electron chi connectivity index (χ2n) is 6.11. The monoisotopic (exact) mass is 393 g/mol. The number of hydrogen-bond acceptors (Lipinski definition) is 4. The largest absolute Gasteiger partial charge is 0.403 e. The Hall–Kier alpha value is -1.72. The smallest absolute Gasteiger partial charge is 0.0595 e. The predicted octanol–water partition coefficient (Wildman–Crippen LogP) is 4.00. The summed E-state index contributed by atoms with van der Waals surface area (Å²) < 4.78 is 0. The molecule has 4 nitrogen and oxygen atoms in total. The van der Waals surface area contributed by atoms with Gasteiger partial charge in [0, 0.05) is 25.3 Å². The number of nitrogens with one attached hydrogen (secondary N) is 1. The van der Waals surface area contributed by atoms with Crippen molar-refractivity contribution in [2.24, 2.45) is 11.5 Å². The molecule has 6 N–H and O–H groups in total. The molecular formula is C20H25Cl2N3O. The quantitative estimate of drug-likeness (QED) is 0.634. The lowest BCUT2D eigenvalue weighted by molar-refractivity contribution is 0.399. The molecule has 2 aromatic rings. The standard InChI is InChI=1S/C19H21Cl2N3.CH4O/c1-24-19-7-5-13(11-3-6-16(20)17(21)9-11)14-4-2-12(8-15(14)19)18(23)10-22;1-2/h2-4,6,8-10,13,19,24H,5,7,22-23H2,1H3;2H,1H3/b18-10-;. The van der Waals surface area contributed by atoms with E-state index < -0.39 is 0 Å². The summed E-state index contributed by atoms with van der Waals surface area (Å²) in [5.74, 6) is 0.302. The molecule has 0 fully saturated rings. The van der Waals surface area contributed by atoms with Gasteiger partial charge >= 0.3 is 0 Å². The minimum atomic E-state index is 0.302. The molecule has 0 bridgehead atoms. The number of nitrogens with two attached hydrogens (primary N) is 2. The Morgan fingerprint density at radius 1 is 1.08 bits per heavy atom. The van der Waals surface area contributed by atoms with E-state index in [0.717, 1.165) is 25.5 Å². The third kappa shape index (κ3) is 4.15. The summed E-state index contributed by atoms with van der Waals surface area (Å²) in [6.07, 6.45) is 3.54. The van der Waals surface area contributed by atoms with Crippen molar-refractivity contribution >= 4 is 28.9 Å². The van der Waals surface area contributed by atoms with Crippen LogP contribution in [0.1, 0.15) is 47.1 Å². The maximum Gasteiger partial charge on any atom is 0.0595 e. The van der Waals surface area contributed by atoms with E-state index in [1.807, 2.05) is 25.2 Å². The van der Waals surface area contributed by atoms with E-state index in [1.54, 1.807) is 0 Å². The van der Waals surface area contributed by atoms with Crippen LogP contribution < -0.4 is 16.8 Å². The van der Waals surface area contributed by atoms with Crippen LogP contribution in [0.2, 0.25) is 10.0 Å². The summed E-state index contributed by atoms with van der Waals surface area (Å²) in [7, 11) is 2.99. The van der Waals surface area contributed by atoms with Gasteiger partial charge in [0.25, 0.3) is 0 Å². The summed E-state index contributed by atoms with van der Waals surface area (Å²) in [4.78, 5) is 0. The zero-order valence-electron chi connectivity index (χ0n) is 15.0. The van der Waals surface area contributed by atoms with Crippen LogP contribution >= 0.6 is 23.2 Å². The SMILES string of the molecule is CNC1CCC(c2ccc(Cl)c(Cl)c2)c2ccc(/C(N)=C/N)cc21.CO. The van der Waals surface area contributed by atoms with Gasteiger partial charge in [-0.15, -0.1) is 0 Å². The van der Waals surface area contributed by atoms with Crippen molar-refractivity contribution in [1.82, 2.24) is 5.32 Å². The Morgan fingerprint density at radius 3 is 2.42 bits per heavy atom. The fourth-order valence-corrected chi connectivity index (χ4v) is 3.80. The highest BCUT2D eigenvalue weighted by Gasteiger charge is 2.28. The van der Waals surface area contributed by atoms with E-state index in [9.17, 15) is 0 Å². The van der Waals surface area contributed by atoms with E-state index in [2.05, 4.69) is 23.5 Å². The number of halogens is 2. The molecular weight excluding hydrogens is 369 g/mol. The van der Waals surface area contributed by atoms with E-state index in [1.165, 1.54) is 22.9 Å². The highest BCUT2D eigenvalue weighted by Crippen LogP contribution is 2.42. The molecule has 0 aliphatic heterocycles. The van der Waals surface area contributed by atoms with Crippen LogP contribution in [0.15, 0.2) is 42.6 Å². The molecule has 26 heavy (non-hydrogen) atoms. The van der Waals surface area contributed by atoms with E-state index in [4.69, 9.17) is 39.8 Å². The second-order valence-corrected chi connectivity index (χ2v) is 6.92. The Morgan fingerprint density at radius 2 is 1.81 bits per heavy atom. The normalized spacial score (nSPS) is 19.3. The zero-order chi connectivity index (χ0) is 19.3. The Bertz CT molecular complexity index is 793.